The van der Waals surface area contributed by atoms with Gasteiger partial charge in [-0.15, -0.1) is 0 Å². The smallest absolute Gasteiger partial charge is 0.310 e. The number of rotatable bonds is 13. The summed E-state index contributed by atoms with van der Waals surface area (Å²) in [6.07, 6.45) is 9.32. The largest absolute Gasteiger partial charge is 0.481 e. The quantitative estimate of drug-likeness (QED) is 0.0999. The fourth-order valence-corrected chi connectivity index (χ4v) is 18.8. The van der Waals surface area contributed by atoms with E-state index in [9.17, 15) is 45.3 Å². The maximum absolute atomic E-state index is 14.2. The van der Waals surface area contributed by atoms with E-state index in [0.29, 0.717) is 64.5 Å². The Labute approximate surface area is 407 Å². The second kappa shape index (κ2) is 17.9. The summed E-state index contributed by atoms with van der Waals surface area (Å²) in [5, 5.41) is 88.8. The topological polar surface area (TPSA) is 273 Å². The number of nitrogens with one attached hydrogen (secondary N) is 3. The Kier molecular flexibility index (Phi) is 13.0. The summed E-state index contributed by atoms with van der Waals surface area (Å²) in [4.78, 5) is 35.5. The molecule has 69 heavy (non-hydrogen) atoms. The van der Waals surface area contributed by atoms with E-state index in [4.69, 9.17) is 15.2 Å². The third-order valence-electron chi connectivity index (χ3n) is 22.3. The van der Waals surface area contributed by atoms with Crippen molar-refractivity contribution in [2.75, 3.05) is 32.9 Å². The number of carboxylic acid groups (broad SMARTS) is 1. The van der Waals surface area contributed by atoms with Crippen molar-refractivity contribution in [3.05, 3.63) is 29.9 Å². The monoisotopic (exact) mass is 966 g/mol. The number of carbonyl (C=O) groups is 2. The number of ether oxygens (including phenoxy) is 2. The van der Waals surface area contributed by atoms with E-state index in [0.717, 1.165) is 50.6 Å². The van der Waals surface area contributed by atoms with Gasteiger partial charge in [0.25, 0.3) is 0 Å². The van der Waals surface area contributed by atoms with Crippen LogP contribution < -0.4 is 16.4 Å². The molecule has 1 amide bonds. The number of carbonyl (C=O) groups excluding carboxylic acids is 1. The molecule has 6 aliphatic carbocycles. The van der Waals surface area contributed by atoms with Crippen LogP contribution in [-0.2, 0) is 19.1 Å². The molecule has 0 radical (unpaired) electrons. The number of aliphatic carboxylic acids is 1. The molecule has 8 fully saturated rings. The Bertz CT molecular complexity index is 2110. The molecule has 16 nitrogen and oxygen atoms in total. The first-order chi connectivity index (χ1) is 32.8. The Morgan fingerprint density at radius 3 is 2.43 bits per heavy atom. The maximum atomic E-state index is 14.2. The summed E-state index contributed by atoms with van der Waals surface area (Å²) in [6, 6.07) is -0.476. The number of piperidine rings is 1. The van der Waals surface area contributed by atoms with Crippen LogP contribution in [0.4, 0.5) is 0 Å². The fraction of sp³-hybridized carbons (Fsp3) is 0.868. The van der Waals surface area contributed by atoms with Gasteiger partial charge in [0, 0.05) is 60.3 Å². The number of imidazole rings is 1. The maximum Gasteiger partial charge on any atom is 0.310 e. The zero-order chi connectivity index (χ0) is 49.1. The van der Waals surface area contributed by atoms with E-state index in [1.54, 1.807) is 6.33 Å². The van der Waals surface area contributed by atoms with Gasteiger partial charge in [0.1, 0.15) is 18.3 Å². The van der Waals surface area contributed by atoms with E-state index in [1.807, 2.05) is 13.1 Å². The summed E-state index contributed by atoms with van der Waals surface area (Å²) < 4.78 is 12.9. The first-order valence-corrected chi connectivity index (χ1v) is 26.7. The number of allylic oxidation sites excluding steroid dienone is 2. The highest BCUT2D eigenvalue weighted by atomic mass is 16.7. The van der Waals surface area contributed by atoms with Gasteiger partial charge in [-0.05, 0) is 135 Å². The molecule has 4 bridgehead atoms. The van der Waals surface area contributed by atoms with Crippen LogP contribution in [0.25, 0.3) is 0 Å². The Hall–Kier alpha value is -2.51. The molecule has 0 aromatic carbocycles. The third-order valence-corrected chi connectivity index (χ3v) is 22.3. The number of hydrogen-bond acceptors (Lipinski definition) is 13. The predicted octanol–water partition coefficient (Wildman–Crippen LogP) is 3.49. The summed E-state index contributed by atoms with van der Waals surface area (Å²) >= 11 is 0. The molecule has 20 unspecified atom stereocenters. The van der Waals surface area contributed by atoms with Gasteiger partial charge in [-0.1, -0.05) is 58.6 Å². The number of carboxylic acids is 1. The van der Waals surface area contributed by atoms with Gasteiger partial charge in [0.05, 0.1) is 37.2 Å². The molecule has 4 heterocycles. The molecule has 1 aromatic rings. The van der Waals surface area contributed by atoms with E-state index in [2.05, 4.69) is 47.4 Å². The second-order valence-corrected chi connectivity index (χ2v) is 25.2. The molecule has 16 heteroatoms. The number of aliphatic hydroxyl groups is 6. The molecule has 3 saturated heterocycles. The van der Waals surface area contributed by atoms with Crippen LogP contribution in [0.3, 0.4) is 0 Å². The molecular weight excluding hydrogens is 883 g/mol. The lowest BCUT2D eigenvalue weighted by atomic mass is 9.24. The molecule has 12 N–H and O–H groups in total. The zero-order valence-electron chi connectivity index (χ0n) is 41.5. The third kappa shape index (κ3) is 7.05. The molecule has 20 atom stereocenters. The molecule has 9 aliphatic rings. The normalized spacial score (nSPS) is 50.0. The number of fused-ring (bicyclic) bond motifs is 5. The number of amides is 1. The van der Waals surface area contributed by atoms with E-state index in [1.165, 1.54) is 5.57 Å². The standard InChI is InChI=1S/C53H83N5O11/c1-47(26-59)14-16-51(46(66)67)17-15-49(3)32(33(51)21-47)12-13-37-50(49,4)22-34-42-48(2,27-60)44(69-45-41(64)40(63)36(61)24-68-45)43(65)52(25-56-34,53(37,42)30-9-6-5-7-10-30)20-29-19-38(62)58-39(29)31(11-8-18-54)35-23-55-28-57-35/h12,23,28-31,33-34,36-37,39-45,56,59-61,63-65H,5-11,13-22,24-27,54H2,1-4H3,(H,55,57)(H,58,62)(H,66,67). The SMILES string of the molecule is CC1(CO)CCC2(C(=O)O)CCC3(C)C(=CCC4C3(C)CC3NCC5(CC6CC(=O)NC6C(CCCN)c6cnc[nH]6)C(O)C(OC6OCC(O)C(O)C6O)C(C)(CO)C3C45C3CCCCC3)C2C1. The first kappa shape index (κ1) is 50.0. The molecule has 1 aromatic heterocycles. The molecule has 5 saturated carbocycles. The number of nitrogens with zero attached hydrogens (tertiary/aromatic N) is 1. The summed E-state index contributed by atoms with van der Waals surface area (Å²) in [7, 11) is 0. The molecule has 10 rings (SSSR count). The highest BCUT2D eigenvalue weighted by Gasteiger charge is 2.83. The summed E-state index contributed by atoms with van der Waals surface area (Å²) in [6.45, 7) is 9.30. The summed E-state index contributed by atoms with van der Waals surface area (Å²) in [5.74, 6) is -1.58. The van der Waals surface area contributed by atoms with Crippen molar-refractivity contribution in [2.45, 2.75) is 185 Å². The molecular formula is C53H83N5O11. The van der Waals surface area contributed by atoms with Crippen molar-refractivity contribution in [2.24, 2.45) is 73.2 Å². The number of aromatic amines is 1. The van der Waals surface area contributed by atoms with Crippen molar-refractivity contribution in [1.82, 2.24) is 20.6 Å². The van der Waals surface area contributed by atoms with Crippen LogP contribution in [0.1, 0.15) is 142 Å². The minimum Gasteiger partial charge on any atom is -0.481 e. The zero-order valence-corrected chi connectivity index (χ0v) is 41.5. The van der Waals surface area contributed by atoms with Crippen LogP contribution in [0, 0.1) is 67.5 Å². The van der Waals surface area contributed by atoms with Crippen LogP contribution in [0.2, 0.25) is 0 Å². The van der Waals surface area contributed by atoms with Gasteiger partial charge in [-0.25, -0.2) is 4.98 Å². The Morgan fingerprint density at radius 2 is 1.75 bits per heavy atom. The fourth-order valence-electron chi connectivity index (χ4n) is 18.8. The van der Waals surface area contributed by atoms with Crippen LogP contribution in [0.5, 0.6) is 0 Å². The van der Waals surface area contributed by atoms with Gasteiger partial charge in [0.15, 0.2) is 6.29 Å². The van der Waals surface area contributed by atoms with Gasteiger partial charge in [-0.3, -0.25) is 9.59 Å². The van der Waals surface area contributed by atoms with Crippen LogP contribution >= 0.6 is 0 Å². The molecule has 386 valence electrons. The predicted molar refractivity (Wildman–Crippen MR) is 254 cm³/mol. The van der Waals surface area contributed by atoms with Crippen molar-refractivity contribution >= 4 is 11.9 Å². The van der Waals surface area contributed by atoms with Gasteiger partial charge in [0.2, 0.25) is 5.91 Å². The van der Waals surface area contributed by atoms with Crippen LogP contribution in [0.15, 0.2) is 24.2 Å². The number of H-pyrrole nitrogens is 1. The van der Waals surface area contributed by atoms with E-state index in [-0.39, 0.29) is 79.7 Å². The van der Waals surface area contributed by atoms with Gasteiger partial charge < -0.3 is 66.6 Å². The lowest BCUT2D eigenvalue weighted by molar-refractivity contribution is -0.385. The highest BCUT2D eigenvalue weighted by molar-refractivity contribution is 5.79. The lowest BCUT2D eigenvalue weighted by Crippen LogP contribution is -2.86. The van der Waals surface area contributed by atoms with Crippen molar-refractivity contribution in [1.29, 1.82) is 0 Å². The number of nitrogens with two attached hydrogens (primary N) is 1. The molecule has 0 spiro atoms. The number of aliphatic hydroxyl groups excluding tert-OH is 6. The van der Waals surface area contributed by atoms with E-state index < -0.39 is 80.7 Å². The summed E-state index contributed by atoms with van der Waals surface area (Å²) in [5.41, 5.74) is 3.38. The minimum absolute atomic E-state index is 0.000375. The first-order valence-electron chi connectivity index (χ1n) is 26.7. The van der Waals surface area contributed by atoms with Crippen LogP contribution in [-0.4, -0.2) is 139 Å². The molecule has 3 aliphatic heterocycles. The number of hydrogen-bond donors (Lipinski definition) is 11. The number of aromatic nitrogens is 2. The highest BCUT2D eigenvalue weighted by Crippen LogP contribution is 2.82. The lowest BCUT2D eigenvalue weighted by Gasteiger charge is -2.82. The Balaban J connectivity index is 1.18. The Morgan fingerprint density at radius 1 is 1.00 bits per heavy atom. The van der Waals surface area contributed by atoms with E-state index >= 15 is 0 Å². The van der Waals surface area contributed by atoms with Gasteiger partial charge in [-0.2, -0.15) is 0 Å². The average Bonchev–Trinajstić information content (AvgIpc) is 4.01. The second-order valence-electron chi connectivity index (χ2n) is 25.2. The van der Waals surface area contributed by atoms with Crippen molar-refractivity contribution in [3.63, 3.8) is 0 Å². The average molecular weight is 966 g/mol. The minimum atomic E-state index is -1.62. The van der Waals surface area contributed by atoms with Crippen molar-refractivity contribution < 1.29 is 54.8 Å². The van der Waals surface area contributed by atoms with Gasteiger partial charge >= 0.3 is 5.97 Å². The van der Waals surface area contributed by atoms with Crippen molar-refractivity contribution in [3.8, 4) is 0 Å².